The minimum Gasteiger partial charge on any atom is -0.462 e. The van der Waals surface area contributed by atoms with Crippen LogP contribution in [-0.2, 0) is 65.4 Å². The number of hydrogen-bond donors (Lipinski definition) is 3. The monoisotopic (exact) mass is 1370 g/mol. The average Bonchev–Trinajstić information content (AvgIpc) is 1.35. The topological polar surface area (TPSA) is 237 Å². The summed E-state index contributed by atoms with van der Waals surface area (Å²) in [7, 11) is -9.93. The number of carbonyl (C=O) groups is 4. The number of unbranched alkanes of at least 4 members (excludes halogenated alkanes) is 35. The smallest absolute Gasteiger partial charge is 0.462 e. The second-order valence-corrected chi connectivity index (χ2v) is 28.1. The third-order valence-electron chi connectivity index (χ3n) is 16.0. The quantitative estimate of drug-likeness (QED) is 0.0169. The molecule has 0 aliphatic heterocycles. The molecule has 0 aromatic heterocycles. The molecule has 3 N–H and O–H groups in total. The Labute approximate surface area is 571 Å². The Morgan fingerprint density at radius 2 is 0.553 bits per heavy atom. The zero-order valence-corrected chi connectivity index (χ0v) is 61.4. The number of phosphoric acid groups is 2. The molecule has 0 fully saturated rings. The number of aliphatic hydroxyl groups excluding tert-OH is 1. The predicted molar refractivity (Wildman–Crippen MR) is 381 cm³/mol. The van der Waals surface area contributed by atoms with E-state index in [1.54, 1.807) is 0 Å². The first kappa shape index (κ1) is 90.8. The summed E-state index contributed by atoms with van der Waals surface area (Å²) < 4.78 is 68.4. The molecule has 0 aromatic carbocycles. The maximum atomic E-state index is 13.0. The van der Waals surface area contributed by atoms with Crippen molar-refractivity contribution >= 4 is 39.5 Å². The van der Waals surface area contributed by atoms with Crippen LogP contribution in [0.25, 0.3) is 0 Å². The molecular weight excluding hydrogens is 1230 g/mol. The summed E-state index contributed by atoms with van der Waals surface area (Å²) in [4.78, 5) is 72.7. The molecule has 94 heavy (non-hydrogen) atoms. The standard InChI is InChI=1S/C75H136O17P2/c1-5-9-13-17-21-25-29-32-34-37-40-43-47-51-55-59-72(77)85-65-70(91-74(79)61-57-53-49-45-39-28-24-20-16-12-8-4)67-89-93(81,82)87-63-69(76)64-88-94(83,84)90-68-71(92-75(80)62-58-54-50-46-42-36-31-27-23-19-15-11-7-3)66-86-73(78)60-56-52-48-44-41-38-35-33-30-26-22-18-14-10-6-2/h9,13,21,25,27,31-35,69-71,76H,5-8,10-12,14-20,22-24,26,28-30,36-68H2,1-4H3,(H,81,82)(H,83,84)/b13-9-,25-21-,31-27-,34-32-,35-33-. The fraction of sp³-hybridized carbons (Fsp3) is 0.813. The summed E-state index contributed by atoms with van der Waals surface area (Å²) in [6.07, 6.45) is 65.0. The van der Waals surface area contributed by atoms with Gasteiger partial charge in [-0.25, -0.2) is 9.13 Å². The molecule has 5 atom stereocenters. The first-order valence-electron chi connectivity index (χ1n) is 37.5. The Bertz CT molecular complexity index is 2030. The van der Waals surface area contributed by atoms with Gasteiger partial charge in [0.2, 0.25) is 0 Å². The molecule has 19 heteroatoms. The lowest BCUT2D eigenvalue weighted by Crippen LogP contribution is -2.30. The van der Waals surface area contributed by atoms with Gasteiger partial charge in [0.1, 0.15) is 19.3 Å². The number of allylic oxidation sites excluding steroid dienone is 10. The van der Waals surface area contributed by atoms with Crippen LogP contribution in [0.5, 0.6) is 0 Å². The minimum atomic E-state index is -4.97. The molecule has 548 valence electrons. The molecule has 5 unspecified atom stereocenters. The molecular formula is C75H136O17P2. The largest absolute Gasteiger partial charge is 0.472 e. The summed E-state index contributed by atoms with van der Waals surface area (Å²) in [6, 6.07) is 0. The van der Waals surface area contributed by atoms with Gasteiger partial charge in [-0.15, -0.1) is 0 Å². The maximum absolute atomic E-state index is 13.0. The molecule has 17 nitrogen and oxygen atoms in total. The molecule has 0 saturated heterocycles. The number of rotatable bonds is 71. The molecule has 0 heterocycles. The van der Waals surface area contributed by atoms with Gasteiger partial charge >= 0.3 is 39.5 Å². The molecule has 0 amide bonds. The van der Waals surface area contributed by atoms with Gasteiger partial charge in [0.05, 0.1) is 26.4 Å². The Balaban J connectivity index is 5.31. The third kappa shape index (κ3) is 67.3. The molecule has 0 spiro atoms. The van der Waals surface area contributed by atoms with Crippen molar-refractivity contribution in [3.8, 4) is 0 Å². The Morgan fingerprint density at radius 3 is 0.872 bits per heavy atom. The molecule has 0 aliphatic rings. The van der Waals surface area contributed by atoms with Crippen LogP contribution in [-0.4, -0.2) is 96.7 Å². The van der Waals surface area contributed by atoms with E-state index in [0.29, 0.717) is 25.7 Å². The van der Waals surface area contributed by atoms with E-state index in [0.717, 1.165) is 154 Å². The first-order chi connectivity index (χ1) is 45.7. The van der Waals surface area contributed by atoms with E-state index < -0.39 is 97.5 Å². The molecule has 0 bridgehead atoms. The van der Waals surface area contributed by atoms with Crippen LogP contribution in [0.4, 0.5) is 0 Å². The van der Waals surface area contributed by atoms with Crippen LogP contribution >= 0.6 is 15.6 Å². The molecule has 0 aromatic rings. The fourth-order valence-electron chi connectivity index (χ4n) is 10.2. The second kappa shape index (κ2) is 68.3. The first-order valence-corrected chi connectivity index (χ1v) is 40.5. The van der Waals surface area contributed by atoms with Crippen molar-refractivity contribution in [2.75, 3.05) is 39.6 Å². The van der Waals surface area contributed by atoms with Gasteiger partial charge in [-0.1, -0.05) is 262 Å². The maximum Gasteiger partial charge on any atom is 0.472 e. The molecule has 0 rings (SSSR count). The van der Waals surface area contributed by atoms with E-state index in [-0.39, 0.29) is 25.7 Å². The highest BCUT2D eigenvalue weighted by molar-refractivity contribution is 7.47. The van der Waals surface area contributed by atoms with Crippen molar-refractivity contribution < 1.29 is 80.2 Å². The van der Waals surface area contributed by atoms with E-state index in [1.807, 2.05) is 0 Å². The Morgan fingerprint density at radius 1 is 0.309 bits per heavy atom. The van der Waals surface area contributed by atoms with Gasteiger partial charge in [0.15, 0.2) is 12.2 Å². The van der Waals surface area contributed by atoms with E-state index in [2.05, 4.69) is 88.5 Å². The molecule has 0 saturated carbocycles. The van der Waals surface area contributed by atoms with Crippen molar-refractivity contribution in [1.82, 2.24) is 0 Å². The van der Waals surface area contributed by atoms with E-state index in [1.165, 1.54) is 103 Å². The van der Waals surface area contributed by atoms with Crippen molar-refractivity contribution in [2.45, 2.75) is 354 Å². The summed E-state index contributed by atoms with van der Waals surface area (Å²) in [5.74, 6) is -2.19. The summed E-state index contributed by atoms with van der Waals surface area (Å²) in [5, 5.41) is 10.6. The van der Waals surface area contributed by atoms with Crippen molar-refractivity contribution in [1.29, 1.82) is 0 Å². The van der Waals surface area contributed by atoms with Gasteiger partial charge in [-0.05, 0) is 109 Å². The highest BCUT2D eigenvalue weighted by Crippen LogP contribution is 2.45. The van der Waals surface area contributed by atoms with Gasteiger partial charge < -0.3 is 33.8 Å². The van der Waals surface area contributed by atoms with Gasteiger partial charge in [-0.3, -0.25) is 37.3 Å². The van der Waals surface area contributed by atoms with E-state index in [4.69, 9.17) is 37.0 Å². The zero-order valence-electron chi connectivity index (χ0n) is 59.6. The van der Waals surface area contributed by atoms with Gasteiger partial charge in [-0.2, -0.15) is 0 Å². The minimum absolute atomic E-state index is 0.0873. The molecule has 0 radical (unpaired) electrons. The van der Waals surface area contributed by atoms with Crippen LogP contribution < -0.4 is 0 Å². The van der Waals surface area contributed by atoms with Crippen molar-refractivity contribution in [2.24, 2.45) is 0 Å². The summed E-state index contributed by atoms with van der Waals surface area (Å²) >= 11 is 0. The second-order valence-electron chi connectivity index (χ2n) is 25.2. The van der Waals surface area contributed by atoms with E-state index in [9.17, 15) is 43.2 Å². The Hall–Kier alpha value is -3.24. The van der Waals surface area contributed by atoms with Crippen LogP contribution in [0.15, 0.2) is 60.8 Å². The van der Waals surface area contributed by atoms with Crippen molar-refractivity contribution in [3.63, 3.8) is 0 Å². The lowest BCUT2D eigenvalue weighted by molar-refractivity contribution is -0.161. The lowest BCUT2D eigenvalue weighted by Gasteiger charge is -2.21. The number of phosphoric ester groups is 2. The highest BCUT2D eigenvalue weighted by atomic mass is 31.2. The van der Waals surface area contributed by atoms with Crippen LogP contribution in [0, 0.1) is 0 Å². The van der Waals surface area contributed by atoms with Crippen LogP contribution in [0.2, 0.25) is 0 Å². The SMILES string of the molecule is CC/C=C\C/C=C\C/C=C\CCCCCCCC(=O)OCC(COP(=O)(O)OCC(O)COP(=O)(O)OCC(COC(=O)CCCCCCC/C=C\CCCCCCCC)OC(=O)CCCCCCC/C=C\CCCCCC)OC(=O)CCCCCCCCCCCCC. The summed E-state index contributed by atoms with van der Waals surface area (Å²) in [5.41, 5.74) is 0. The number of esters is 4. The Kier molecular flexibility index (Phi) is 65.9. The van der Waals surface area contributed by atoms with Gasteiger partial charge in [0, 0.05) is 25.7 Å². The van der Waals surface area contributed by atoms with E-state index >= 15 is 0 Å². The number of hydrogen-bond acceptors (Lipinski definition) is 15. The van der Waals surface area contributed by atoms with Crippen LogP contribution in [0.3, 0.4) is 0 Å². The van der Waals surface area contributed by atoms with Gasteiger partial charge in [0.25, 0.3) is 0 Å². The van der Waals surface area contributed by atoms with Crippen LogP contribution in [0.1, 0.15) is 336 Å². The number of aliphatic hydroxyl groups is 1. The lowest BCUT2D eigenvalue weighted by atomic mass is 10.1. The average molecular weight is 1370 g/mol. The normalized spacial score (nSPS) is 14.3. The highest BCUT2D eigenvalue weighted by Gasteiger charge is 2.30. The fourth-order valence-corrected chi connectivity index (χ4v) is 11.8. The zero-order chi connectivity index (χ0) is 69.0. The number of ether oxygens (including phenoxy) is 4. The van der Waals surface area contributed by atoms with Crippen molar-refractivity contribution in [3.05, 3.63) is 60.8 Å². The summed E-state index contributed by atoms with van der Waals surface area (Å²) in [6.45, 7) is 4.73. The predicted octanol–water partition coefficient (Wildman–Crippen LogP) is 21.1. The third-order valence-corrected chi connectivity index (χ3v) is 17.9. The molecule has 0 aliphatic carbocycles. The number of carbonyl (C=O) groups excluding carboxylic acids is 4.